The van der Waals surface area contributed by atoms with Gasteiger partial charge in [-0.15, -0.1) is 0 Å². The van der Waals surface area contributed by atoms with Crippen molar-refractivity contribution in [3.8, 4) is 0 Å². The minimum absolute atomic E-state index is 0. The smallest absolute Gasteiger partial charge is 0.372 e. The van der Waals surface area contributed by atoms with Crippen LogP contribution in [-0.2, 0) is 14.4 Å². The highest BCUT2D eigenvalue weighted by atomic mass is 16.4. The quantitative estimate of drug-likeness (QED) is 0.487. The van der Waals surface area contributed by atoms with E-state index in [2.05, 4.69) is 0 Å². The Morgan fingerprint density at radius 3 is 1.73 bits per heavy atom. The summed E-state index contributed by atoms with van der Waals surface area (Å²) in [6.45, 7) is 0. The zero-order chi connectivity index (χ0) is 8.15. The molecule has 0 aliphatic rings. The molecule has 0 radical (unpaired) electrons. The van der Waals surface area contributed by atoms with E-state index in [-0.39, 0.29) is 6.15 Å². The van der Waals surface area contributed by atoms with E-state index in [4.69, 9.17) is 10.2 Å². The minimum Gasteiger partial charge on any atom is -0.481 e. The van der Waals surface area contributed by atoms with Crippen molar-refractivity contribution in [3.63, 3.8) is 0 Å². The fourth-order valence-corrected chi connectivity index (χ4v) is 0.327. The summed E-state index contributed by atoms with van der Waals surface area (Å²) in [7, 11) is 0. The SMILES string of the molecule is N.O=C(O)CCC(=O)C(=O)O. The minimum atomic E-state index is -1.58. The second kappa shape index (κ2) is 5.36. The van der Waals surface area contributed by atoms with Crippen LogP contribution in [0.1, 0.15) is 12.8 Å². The molecule has 0 rings (SSSR count). The van der Waals surface area contributed by atoms with Crippen molar-refractivity contribution in [2.24, 2.45) is 0 Å². The molecule has 0 aromatic carbocycles. The van der Waals surface area contributed by atoms with Gasteiger partial charge >= 0.3 is 11.9 Å². The van der Waals surface area contributed by atoms with Crippen molar-refractivity contribution < 1.29 is 24.6 Å². The van der Waals surface area contributed by atoms with Crippen LogP contribution in [0, 0.1) is 0 Å². The van der Waals surface area contributed by atoms with Crippen LogP contribution in [0.25, 0.3) is 0 Å². The molecule has 11 heavy (non-hydrogen) atoms. The number of hydrogen-bond donors (Lipinski definition) is 3. The number of carbonyl (C=O) groups excluding carboxylic acids is 1. The topological polar surface area (TPSA) is 127 Å². The Morgan fingerprint density at radius 2 is 1.45 bits per heavy atom. The van der Waals surface area contributed by atoms with Gasteiger partial charge in [0, 0.05) is 6.42 Å². The van der Waals surface area contributed by atoms with Gasteiger partial charge in [0.15, 0.2) is 0 Å². The summed E-state index contributed by atoms with van der Waals surface area (Å²) >= 11 is 0. The van der Waals surface area contributed by atoms with Crippen molar-refractivity contribution in [1.82, 2.24) is 6.15 Å². The zero-order valence-electron chi connectivity index (χ0n) is 5.74. The predicted molar refractivity (Wildman–Crippen MR) is 34.5 cm³/mol. The summed E-state index contributed by atoms with van der Waals surface area (Å²) in [5, 5.41) is 16.0. The molecule has 0 amide bonds. The molecular weight excluding hydrogens is 154 g/mol. The molecule has 0 aliphatic carbocycles. The molecular formula is C5H9NO5. The molecule has 0 saturated heterocycles. The average Bonchev–Trinajstić information content (AvgIpc) is 1.82. The van der Waals surface area contributed by atoms with Crippen molar-refractivity contribution in [2.45, 2.75) is 12.8 Å². The van der Waals surface area contributed by atoms with Gasteiger partial charge in [0.2, 0.25) is 5.78 Å². The third-order valence-corrected chi connectivity index (χ3v) is 0.804. The number of carboxylic acids is 2. The van der Waals surface area contributed by atoms with Crippen molar-refractivity contribution >= 4 is 17.7 Å². The van der Waals surface area contributed by atoms with E-state index in [9.17, 15) is 14.4 Å². The molecule has 0 bridgehead atoms. The van der Waals surface area contributed by atoms with Crippen LogP contribution in [0.2, 0.25) is 0 Å². The van der Waals surface area contributed by atoms with Gasteiger partial charge in [0.25, 0.3) is 0 Å². The van der Waals surface area contributed by atoms with Crippen LogP contribution in [-0.4, -0.2) is 27.9 Å². The molecule has 0 saturated carbocycles. The van der Waals surface area contributed by atoms with Gasteiger partial charge < -0.3 is 16.4 Å². The Morgan fingerprint density at radius 1 is 1.00 bits per heavy atom. The molecule has 0 aromatic heterocycles. The van der Waals surface area contributed by atoms with Gasteiger partial charge in [-0.1, -0.05) is 0 Å². The van der Waals surface area contributed by atoms with Crippen LogP contribution in [0.5, 0.6) is 0 Å². The van der Waals surface area contributed by atoms with Gasteiger partial charge in [0.05, 0.1) is 6.42 Å². The number of carbonyl (C=O) groups is 3. The number of rotatable bonds is 4. The second-order valence-electron chi connectivity index (χ2n) is 1.62. The third kappa shape index (κ3) is 6.46. The number of Topliss-reactive ketones (excluding diaryl/α,β-unsaturated/α-hetero) is 1. The fourth-order valence-electron chi connectivity index (χ4n) is 0.327. The van der Waals surface area contributed by atoms with Crippen LogP contribution >= 0.6 is 0 Å². The molecule has 5 N–H and O–H groups in total. The van der Waals surface area contributed by atoms with E-state index >= 15 is 0 Å². The zero-order valence-corrected chi connectivity index (χ0v) is 5.74. The summed E-state index contributed by atoms with van der Waals surface area (Å²) in [6.07, 6.45) is -0.865. The number of hydrogen-bond acceptors (Lipinski definition) is 4. The van der Waals surface area contributed by atoms with Crippen LogP contribution < -0.4 is 6.15 Å². The van der Waals surface area contributed by atoms with Gasteiger partial charge in [-0.2, -0.15) is 0 Å². The molecule has 0 fully saturated rings. The maximum Gasteiger partial charge on any atom is 0.372 e. The molecule has 0 spiro atoms. The Balaban J connectivity index is 0. The van der Waals surface area contributed by atoms with Gasteiger partial charge in [-0.25, -0.2) is 4.79 Å². The Labute approximate surface area is 62.4 Å². The summed E-state index contributed by atoms with van der Waals surface area (Å²) in [4.78, 5) is 29.7. The molecule has 0 unspecified atom stereocenters. The van der Waals surface area contributed by atoms with Gasteiger partial charge in [0.1, 0.15) is 0 Å². The fraction of sp³-hybridized carbons (Fsp3) is 0.400. The van der Waals surface area contributed by atoms with E-state index in [0.717, 1.165) is 0 Å². The summed E-state index contributed by atoms with van der Waals surface area (Å²) in [6, 6.07) is 0. The molecule has 0 aromatic rings. The van der Waals surface area contributed by atoms with E-state index in [0.29, 0.717) is 0 Å². The second-order valence-corrected chi connectivity index (χ2v) is 1.62. The highest BCUT2D eigenvalue weighted by molar-refractivity contribution is 6.32. The average molecular weight is 163 g/mol. The lowest BCUT2D eigenvalue weighted by molar-refractivity contribution is -0.149. The van der Waals surface area contributed by atoms with E-state index in [1.54, 1.807) is 0 Å². The van der Waals surface area contributed by atoms with Gasteiger partial charge in [-0.05, 0) is 0 Å². The van der Waals surface area contributed by atoms with Crippen molar-refractivity contribution in [3.05, 3.63) is 0 Å². The molecule has 6 heteroatoms. The normalized spacial score (nSPS) is 8.00. The first-order valence-corrected chi connectivity index (χ1v) is 2.52. The van der Waals surface area contributed by atoms with E-state index in [1.807, 2.05) is 0 Å². The molecule has 0 aliphatic heterocycles. The van der Waals surface area contributed by atoms with Crippen molar-refractivity contribution in [2.75, 3.05) is 0 Å². The summed E-state index contributed by atoms with van der Waals surface area (Å²) in [5.74, 6) is -3.82. The number of aliphatic carboxylic acids is 2. The summed E-state index contributed by atoms with van der Waals surface area (Å²) in [5.41, 5.74) is 0. The van der Waals surface area contributed by atoms with Crippen molar-refractivity contribution in [1.29, 1.82) is 0 Å². The first-order valence-electron chi connectivity index (χ1n) is 2.52. The summed E-state index contributed by atoms with van der Waals surface area (Å²) < 4.78 is 0. The maximum atomic E-state index is 10.2. The van der Waals surface area contributed by atoms with E-state index in [1.165, 1.54) is 0 Å². The first kappa shape index (κ1) is 12.3. The lowest BCUT2D eigenvalue weighted by atomic mass is 10.2. The monoisotopic (exact) mass is 163 g/mol. The van der Waals surface area contributed by atoms with Crippen LogP contribution in [0.4, 0.5) is 0 Å². The lowest BCUT2D eigenvalue weighted by Gasteiger charge is -1.88. The molecule has 0 heterocycles. The lowest BCUT2D eigenvalue weighted by Crippen LogP contribution is -2.13. The maximum absolute atomic E-state index is 10.2. The van der Waals surface area contributed by atoms with Gasteiger partial charge in [-0.3, -0.25) is 9.59 Å². The predicted octanol–water partition coefficient (Wildman–Crippen LogP) is -0.333. The molecule has 0 atom stereocenters. The highest BCUT2D eigenvalue weighted by Gasteiger charge is 2.12. The Bertz CT molecular complexity index is 176. The Kier molecular flexibility index (Phi) is 5.98. The molecule has 64 valence electrons. The largest absolute Gasteiger partial charge is 0.481 e. The van der Waals surface area contributed by atoms with Crippen LogP contribution in [0.3, 0.4) is 0 Å². The van der Waals surface area contributed by atoms with E-state index < -0.39 is 30.6 Å². The molecule has 6 nitrogen and oxygen atoms in total. The highest BCUT2D eigenvalue weighted by Crippen LogP contribution is 1.89. The third-order valence-electron chi connectivity index (χ3n) is 0.804. The number of ketones is 1. The Hall–Kier alpha value is -1.43. The first-order chi connectivity index (χ1) is 4.54. The number of carboxylic acid groups (broad SMARTS) is 2. The van der Waals surface area contributed by atoms with Crippen LogP contribution in [0.15, 0.2) is 0 Å². The standard InChI is InChI=1S/C5H6O5.H3N/c6-3(5(9)10)1-2-4(7)8;/h1-2H2,(H,7,8)(H,9,10);1H3.